The van der Waals surface area contributed by atoms with Gasteiger partial charge in [0.05, 0.1) is 24.6 Å². The zero-order valence-corrected chi connectivity index (χ0v) is 20.9. The molecule has 0 radical (unpaired) electrons. The highest BCUT2D eigenvalue weighted by Gasteiger charge is 2.18. The number of fused-ring (bicyclic) bond motifs is 3. The minimum absolute atomic E-state index is 0.201. The highest BCUT2D eigenvalue weighted by atomic mass is 16.5. The second kappa shape index (κ2) is 11.3. The first-order chi connectivity index (χ1) is 17.0. The maximum Gasteiger partial charge on any atom is 0.309 e. The fourth-order valence-corrected chi connectivity index (χ4v) is 4.40. The second-order valence-corrected chi connectivity index (χ2v) is 9.01. The normalized spacial score (nSPS) is 11.4. The van der Waals surface area contributed by atoms with Gasteiger partial charge in [-0.15, -0.1) is 0 Å². The van der Waals surface area contributed by atoms with Crippen LogP contribution in [0, 0.1) is 0 Å². The molecule has 0 unspecified atom stereocenters. The minimum Gasteiger partial charge on any atom is -0.469 e. The molecule has 0 spiro atoms. The first-order valence-electron chi connectivity index (χ1n) is 12.5. The summed E-state index contributed by atoms with van der Waals surface area (Å²) in [5, 5.41) is 4.44. The molecular formula is C28H35N5O2. The van der Waals surface area contributed by atoms with E-state index in [2.05, 4.69) is 53.0 Å². The van der Waals surface area contributed by atoms with Crippen LogP contribution in [0.15, 0.2) is 42.5 Å². The number of rotatable bonds is 11. The summed E-state index contributed by atoms with van der Waals surface area (Å²) >= 11 is 0. The smallest absolute Gasteiger partial charge is 0.309 e. The number of esters is 1. The number of aromatic nitrogens is 3. The van der Waals surface area contributed by atoms with Crippen LogP contribution in [-0.4, -0.2) is 34.2 Å². The molecule has 0 aliphatic carbocycles. The molecule has 0 atom stereocenters. The molecule has 0 aliphatic heterocycles. The van der Waals surface area contributed by atoms with Crippen molar-refractivity contribution in [1.29, 1.82) is 0 Å². The Labute approximate surface area is 206 Å². The van der Waals surface area contributed by atoms with Crippen LogP contribution in [0.25, 0.3) is 21.9 Å². The highest BCUT2D eigenvalue weighted by Crippen LogP contribution is 2.31. The number of methoxy groups -OCH3 is 1. The topological polar surface area (TPSA) is 95.1 Å². The van der Waals surface area contributed by atoms with Gasteiger partial charge in [0, 0.05) is 24.9 Å². The van der Waals surface area contributed by atoms with Gasteiger partial charge in [0.15, 0.2) is 5.82 Å². The first-order valence-corrected chi connectivity index (χ1v) is 12.5. The Morgan fingerprint density at radius 1 is 1.03 bits per heavy atom. The lowest BCUT2D eigenvalue weighted by Gasteiger charge is -2.12. The van der Waals surface area contributed by atoms with E-state index in [4.69, 9.17) is 15.5 Å². The summed E-state index contributed by atoms with van der Waals surface area (Å²) in [5.41, 5.74) is 12.2. The van der Waals surface area contributed by atoms with Crippen molar-refractivity contribution in [1.82, 2.24) is 19.9 Å². The number of benzene rings is 2. The lowest BCUT2D eigenvalue weighted by atomic mass is 10.1. The van der Waals surface area contributed by atoms with Crippen molar-refractivity contribution in [2.45, 2.75) is 59.0 Å². The molecule has 0 fully saturated rings. The summed E-state index contributed by atoms with van der Waals surface area (Å²) in [4.78, 5) is 21.3. The molecule has 2 aromatic heterocycles. The molecule has 7 heteroatoms. The van der Waals surface area contributed by atoms with Gasteiger partial charge >= 0.3 is 5.97 Å². The number of unbranched alkanes of at least 4 members (excludes halogenated alkanes) is 1. The highest BCUT2D eigenvalue weighted by molar-refractivity contribution is 6.07. The molecule has 184 valence electrons. The fraction of sp³-hybridized carbons (Fsp3) is 0.393. The predicted octanol–water partition coefficient (Wildman–Crippen LogP) is 4.77. The number of carbonyl (C=O) groups excluding carboxylic acids is 1. The number of hydrogen-bond acceptors (Lipinski definition) is 6. The third-order valence-corrected chi connectivity index (χ3v) is 6.30. The van der Waals surface area contributed by atoms with Gasteiger partial charge in [-0.05, 0) is 42.1 Å². The summed E-state index contributed by atoms with van der Waals surface area (Å²) in [6, 6.07) is 14.7. The van der Waals surface area contributed by atoms with Gasteiger partial charge in [0.2, 0.25) is 0 Å². The number of carbonyl (C=O) groups is 1. The van der Waals surface area contributed by atoms with Gasteiger partial charge in [-0.25, -0.2) is 9.97 Å². The predicted molar refractivity (Wildman–Crippen MR) is 141 cm³/mol. The molecule has 4 rings (SSSR count). The maximum absolute atomic E-state index is 11.8. The first kappa shape index (κ1) is 24.7. The number of nitrogen functional groups attached to an aromatic ring is 1. The van der Waals surface area contributed by atoms with Crippen LogP contribution in [-0.2, 0) is 35.5 Å². The maximum atomic E-state index is 11.8. The third-order valence-electron chi connectivity index (χ3n) is 6.30. The van der Waals surface area contributed by atoms with E-state index in [1.165, 1.54) is 18.2 Å². The van der Waals surface area contributed by atoms with Gasteiger partial charge in [0.25, 0.3) is 0 Å². The monoisotopic (exact) mass is 473 g/mol. The van der Waals surface area contributed by atoms with E-state index in [-0.39, 0.29) is 12.4 Å². The number of imidazole rings is 1. The Bertz CT molecular complexity index is 1310. The number of aryl methyl sites for hydroxylation is 1. The van der Waals surface area contributed by atoms with Crippen LogP contribution in [0.1, 0.15) is 55.6 Å². The third kappa shape index (κ3) is 5.62. The van der Waals surface area contributed by atoms with E-state index in [1.54, 1.807) is 0 Å². The molecule has 3 N–H and O–H groups in total. The molecule has 0 saturated heterocycles. The SMILES string of the molecule is CCCCc1nc2c(N)nc3cc(CC(=O)OC)ccc3c2n1Cc1ccc(CNCCC)cc1. The van der Waals surface area contributed by atoms with Crippen molar-refractivity contribution in [3.05, 3.63) is 65.0 Å². The number of anilines is 1. The molecule has 0 aliphatic rings. The molecule has 0 amide bonds. The average Bonchev–Trinajstić information content (AvgIpc) is 3.22. The van der Waals surface area contributed by atoms with Gasteiger partial charge in [-0.3, -0.25) is 4.79 Å². The number of nitrogens with two attached hydrogens (primary N) is 1. The Hall–Kier alpha value is -3.45. The largest absolute Gasteiger partial charge is 0.469 e. The van der Waals surface area contributed by atoms with Crippen LogP contribution < -0.4 is 11.1 Å². The van der Waals surface area contributed by atoms with Crippen LogP contribution in [0.4, 0.5) is 5.82 Å². The molecule has 4 aromatic rings. The van der Waals surface area contributed by atoms with E-state index in [9.17, 15) is 4.79 Å². The lowest BCUT2D eigenvalue weighted by Crippen LogP contribution is -2.13. The van der Waals surface area contributed by atoms with Crippen molar-refractivity contribution in [3.8, 4) is 0 Å². The van der Waals surface area contributed by atoms with Gasteiger partial charge < -0.3 is 20.4 Å². The van der Waals surface area contributed by atoms with E-state index in [1.807, 2.05) is 18.2 Å². The molecule has 2 heterocycles. The van der Waals surface area contributed by atoms with Crippen LogP contribution >= 0.6 is 0 Å². The summed E-state index contributed by atoms with van der Waals surface area (Å²) in [7, 11) is 1.40. The van der Waals surface area contributed by atoms with Crippen LogP contribution in [0.5, 0.6) is 0 Å². The quantitative estimate of drug-likeness (QED) is 0.241. The summed E-state index contributed by atoms with van der Waals surface area (Å²) in [6.45, 7) is 6.97. The van der Waals surface area contributed by atoms with E-state index < -0.39 is 0 Å². The molecule has 0 bridgehead atoms. The van der Waals surface area contributed by atoms with Crippen molar-refractivity contribution in [2.24, 2.45) is 0 Å². The van der Waals surface area contributed by atoms with Gasteiger partial charge in [-0.1, -0.05) is 56.7 Å². The second-order valence-electron chi connectivity index (χ2n) is 9.01. The molecule has 7 nitrogen and oxygen atoms in total. The van der Waals surface area contributed by atoms with Crippen molar-refractivity contribution < 1.29 is 9.53 Å². The zero-order valence-electron chi connectivity index (χ0n) is 20.9. The zero-order chi connectivity index (χ0) is 24.8. The number of hydrogen-bond donors (Lipinski definition) is 2. The molecule has 0 saturated carbocycles. The summed E-state index contributed by atoms with van der Waals surface area (Å²) < 4.78 is 7.11. The Morgan fingerprint density at radius 3 is 2.49 bits per heavy atom. The average molecular weight is 474 g/mol. The molecular weight excluding hydrogens is 438 g/mol. The lowest BCUT2D eigenvalue weighted by molar-refractivity contribution is -0.139. The van der Waals surface area contributed by atoms with E-state index in [0.29, 0.717) is 12.4 Å². The molecule has 35 heavy (non-hydrogen) atoms. The Morgan fingerprint density at radius 2 is 1.77 bits per heavy atom. The Balaban J connectivity index is 1.76. The van der Waals surface area contributed by atoms with Crippen LogP contribution in [0.2, 0.25) is 0 Å². The van der Waals surface area contributed by atoms with Gasteiger partial charge in [0.1, 0.15) is 11.3 Å². The minimum atomic E-state index is -0.279. The summed E-state index contributed by atoms with van der Waals surface area (Å²) in [6.07, 6.45) is 4.36. The van der Waals surface area contributed by atoms with E-state index >= 15 is 0 Å². The van der Waals surface area contributed by atoms with Crippen molar-refractivity contribution in [3.63, 3.8) is 0 Å². The van der Waals surface area contributed by atoms with Crippen molar-refractivity contribution in [2.75, 3.05) is 19.4 Å². The number of nitrogens with zero attached hydrogens (tertiary/aromatic N) is 3. The fourth-order valence-electron chi connectivity index (χ4n) is 4.40. The van der Waals surface area contributed by atoms with E-state index in [0.717, 1.165) is 72.1 Å². The molecule has 2 aromatic carbocycles. The van der Waals surface area contributed by atoms with Gasteiger partial charge in [-0.2, -0.15) is 0 Å². The number of pyridine rings is 1. The summed E-state index contributed by atoms with van der Waals surface area (Å²) in [5.74, 6) is 1.16. The standard InChI is InChI=1S/C28H35N5O2/c1-4-6-7-24-32-26-27(33(24)18-20-10-8-19(9-11-20)17-30-14-5-2)22-13-12-21(16-25(34)35-3)15-23(22)31-28(26)29/h8-13,15,30H,4-7,14,16-18H2,1-3H3,(H2,29,31). The van der Waals surface area contributed by atoms with Crippen molar-refractivity contribution >= 4 is 33.7 Å². The number of ether oxygens (including phenoxy) is 1. The number of nitrogens with one attached hydrogen (secondary N) is 1. The Kier molecular flexibility index (Phi) is 7.98. The van der Waals surface area contributed by atoms with Crippen LogP contribution in [0.3, 0.4) is 0 Å².